The lowest BCUT2D eigenvalue weighted by atomic mass is 10.1. The van der Waals surface area contributed by atoms with E-state index in [0.29, 0.717) is 11.1 Å². The Kier molecular flexibility index (Phi) is 4.52. The Labute approximate surface area is 134 Å². The summed E-state index contributed by atoms with van der Waals surface area (Å²) in [6.07, 6.45) is 0. The number of hydrogen-bond acceptors (Lipinski definition) is 3. The molecule has 0 bridgehead atoms. The quantitative estimate of drug-likeness (QED) is 0.924. The third kappa shape index (κ3) is 3.35. The van der Waals surface area contributed by atoms with E-state index in [0.717, 1.165) is 32.7 Å². The van der Waals surface area contributed by atoms with Crippen LogP contribution in [0, 0.1) is 11.3 Å². The Bertz CT molecular complexity index is 682. The van der Waals surface area contributed by atoms with Crippen molar-refractivity contribution in [3.8, 4) is 6.07 Å². The maximum absolute atomic E-state index is 12.5. The summed E-state index contributed by atoms with van der Waals surface area (Å²) in [5, 5.41) is 13.2. The van der Waals surface area contributed by atoms with E-state index in [2.05, 4.69) is 22.9 Å². The van der Waals surface area contributed by atoms with Crippen molar-refractivity contribution < 1.29 is 9.69 Å². The first-order valence-electron chi connectivity index (χ1n) is 7.40. The summed E-state index contributed by atoms with van der Waals surface area (Å²) in [6, 6.07) is 11.2. The van der Waals surface area contributed by atoms with Gasteiger partial charge in [0.25, 0.3) is 5.91 Å². The highest BCUT2D eigenvalue weighted by Crippen LogP contribution is 2.09. The molecule has 0 aliphatic carbocycles. The highest BCUT2D eigenvalue weighted by atomic mass is 32.1. The normalized spacial score (nSPS) is 15.5. The number of nitrogens with one attached hydrogen (secondary N) is 1. The molecule has 1 amide bonds. The lowest BCUT2D eigenvalue weighted by Gasteiger charge is -2.32. The number of rotatable bonds is 3. The Morgan fingerprint density at radius 3 is 2.82 bits per heavy atom. The standard InChI is InChI=1S/C17H17N3OS/c18-11-14-2-1-3-16(10-14)17(21)20-7-5-19(6-8-20)12-15-4-9-22-13-15/h1-4,9-10,13H,5-8,12H2/p+1. The summed E-state index contributed by atoms with van der Waals surface area (Å²) in [7, 11) is 0. The second-order valence-corrected chi connectivity index (χ2v) is 6.32. The topological polar surface area (TPSA) is 48.5 Å². The monoisotopic (exact) mass is 312 g/mol. The highest BCUT2D eigenvalue weighted by Gasteiger charge is 2.24. The van der Waals surface area contributed by atoms with E-state index in [1.165, 1.54) is 10.5 Å². The van der Waals surface area contributed by atoms with Crippen molar-refractivity contribution in [2.24, 2.45) is 0 Å². The summed E-state index contributed by atoms with van der Waals surface area (Å²) in [6.45, 7) is 4.53. The van der Waals surface area contributed by atoms with Crippen LogP contribution in [-0.4, -0.2) is 37.0 Å². The summed E-state index contributed by atoms with van der Waals surface area (Å²) < 4.78 is 0. The van der Waals surface area contributed by atoms with Gasteiger partial charge >= 0.3 is 0 Å². The van der Waals surface area contributed by atoms with E-state index < -0.39 is 0 Å². The molecule has 1 N–H and O–H groups in total. The van der Waals surface area contributed by atoms with E-state index in [1.807, 2.05) is 4.90 Å². The van der Waals surface area contributed by atoms with Crippen LogP contribution in [0.5, 0.6) is 0 Å². The number of quaternary nitrogens is 1. The molecule has 0 saturated carbocycles. The molecule has 0 radical (unpaired) electrons. The molecule has 112 valence electrons. The van der Waals surface area contributed by atoms with Gasteiger partial charge in [0, 0.05) is 11.1 Å². The Morgan fingerprint density at radius 2 is 2.14 bits per heavy atom. The van der Waals surface area contributed by atoms with Gasteiger partial charge in [-0.15, -0.1) is 0 Å². The third-order valence-electron chi connectivity index (χ3n) is 4.03. The van der Waals surface area contributed by atoms with Crippen molar-refractivity contribution in [2.45, 2.75) is 6.54 Å². The van der Waals surface area contributed by atoms with Crippen LogP contribution in [0.3, 0.4) is 0 Å². The first-order chi connectivity index (χ1) is 10.8. The molecule has 5 heteroatoms. The van der Waals surface area contributed by atoms with Gasteiger partial charge in [-0.2, -0.15) is 16.6 Å². The van der Waals surface area contributed by atoms with Crippen LogP contribution in [0.25, 0.3) is 0 Å². The molecule has 22 heavy (non-hydrogen) atoms. The maximum atomic E-state index is 12.5. The van der Waals surface area contributed by atoms with Crippen molar-refractivity contribution in [1.82, 2.24) is 4.90 Å². The van der Waals surface area contributed by atoms with Crippen LogP contribution < -0.4 is 4.90 Å². The Balaban J connectivity index is 1.58. The SMILES string of the molecule is N#Cc1cccc(C(=O)N2CC[NH+](Cc3ccsc3)CC2)c1. The van der Waals surface area contributed by atoms with E-state index in [1.54, 1.807) is 35.6 Å². The zero-order valence-electron chi connectivity index (χ0n) is 12.3. The molecule has 1 aliphatic heterocycles. The van der Waals surface area contributed by atoms with Gasteiger partial charge in [0.15, 0.2) is 0 Å². The molecule has 1 saturated heterocycles. The Hall–Kier alpha value is -2.16. The average Bonchev–Trinajstić information content (AvgIpc) is 3.08. The number of hydrogen-bond donors (Lipinski definition) is 1. The van der Waals surface area contributed by atoms with Gasteiger partial charge in [0.1, 0.15) is 6.54 Å². The minimum atomic E-state index is 0.0340. The smallest absolute Gasteiger partial charge is 0.254 e. The zero-order chi connectivity index (χ0) is 15.4. The number of nitriles is 1. The van der Waals surface area contributed by atoms with E-state index >= 15 is 0 Å². The molecular formula is C17H18N3OS+. The van der Waals surface area contributed by atoms with Gasteiger partial charge in [-0.25, -0.2) is 0 Å². The Morgan fingerprint density at radius 1 is 1.32 bits per heavy atom. The summed E-state index contributed by atoms with van der Waals surface area (Å²) >= 11 is 1.73. The van der Waals surface area contributed by atoms with Gasteiger partial charge in [0.2, 0.25) is 0 Å². The molecule has 1 fully saturated rings. The van der Waals surface area contributed by atoms with Crippen LogP contribution in [0.2, 0.25) is 0 Å². The molecule has 2 heterocycles. The fourth-order valence-electron chi connectivity index (χ4n) is 2.79. The third-order valence-corrected chi connectivity index (χ3v) is 4.76. The molecule has 0 unspecified atom stereocenters. The molecule has 1 aliphatic rings. The van der Waals surface area contributed by atoms with Gasteiger partial charge in [-0.3, -0.25) is 4.79 Å². The zero-order valence-corrected chi connectivity index (χ0v) is 13.1. The number of carbonyl (C=O) groups is 1. The summed E-state index contributed by atoms with van der Waals surface area (Å²) in [5.74, 6) is 0.0340. The first-order valence-corrected chi connectivity index (χ1v) is 8.34. The molecule has 0 spiro atoms. The molecular weight excluding hydrogens is 294 g/mol. The van der Waals surface area contributed by atoms with Gasteiger partial charge in [0.05, 0.1) is 37.8 Å². The van der Waals surface area contributed by atoms with Gasteiger partial charge in [-0.1, -0.05) is 6.07 Å². The van der Waals surface area contributed by atoms with Gasteiger partial charge in [-0.05, 0) is 35.0 Å². The average molecular weight is 312 g/mol. The summed E-state index contributed by atoms with van der Waals surface area (Å²) in [4.78, 5) is 15.9. The van der Waals surface area contributed by atoms with E-state index in [4.69, 9.17) is 5.26 Å². The molecule has 0 atom stereocenters. The lowest BCUT2D eigenvalue weighted by molar-refractivity contribution is -0.917. The fourth-order valence-corrected chi connectivity index (χ4v) is 3.46. The van der Waals surface area contributed by atoms with Crippen LogP contribution in [-0.2, 0) is 6.54 Å². The van der Waals surface area contributed by atoms with E-state index in [9.17, 15) is 4.79 Å². The summed E-state index contributed by atoms with van der Waals surface area (Å²) in [5.41, 5.74) is 2.52. The number of carbonyl (C=O) groups excluding carboxylic acids is 1. The number of benzene rings is 1. The van der Waals surface area contributed by atoms with Crippen LogP contribution in [0.1, 0.15) is 21.5 Å². The second-order valence-electron chi connectivity index (χ2n) is 5.54. The first kappa shape index (κ1) is 14.8. The van der Waals surface area contributed by atoms with Crippen LogP contribution >= 0.6 is 11.3 Å². The molecule has 1 aromatic carbocycles. The van der Waals surface area contributed by atoms with Crippen LogP contribution in [0.15, 0.2) is 41.1 Å². The number of amides is 1. The largest absolute Gasteiger partial charge is 0.328 e. The van der Waals surface area contributed by atoms with E-state index in [-0.39, 0.29) is 5.91 Å². The predicted octanol–water partition coefficient (Wildman–Crippen LogP) is 1.16. The van der Waals surface area contributed by atoms with Crippen molar-refractivity contribution in [1.29, 1.82) is 5.26 Å². The molecule has 4 nitrogen and oxygen atoms in total. The number of piperazine rings is 1. The van der Waals surface area contributed by atoms with Crippen molar-refractivity contribution in [3.63, 3.8) is 0 Å². The minimum absolute atomic E-state index is 0.0340. The second kappa shape index (κ2) is 6.73. The molecule has 2 aromatic rings. The number of nitrogens with zero attached hydrogens (tertiary/aromatic N) is 2. The lowest BCUT2D eigenvalue weighted by Crippen LogP contribution is -3.13. The fraction of sp³-hybridized carbons (Fsp3) is 0.294. The van der Waals surface area contributed by atoms with Crippen molar-refractivity contribution >= 4 is 17.2 Å². The van der Waals surface area contributed by atoms with Crippen molar-refractivity contribution in [3.05, 3.63) is 57.8 Å². The van der Waals surface area contributed by atoms with Crippen LogP contribution in [0.4, 0.5) is 0 Å². The predicted molar refractivity (Wildman–Crippen MR) is 85.8 cm³/mol. The number of thiophene rings is 1. The van der Waals surface area contributed by atoms with Crippen molar-refractivity contribution in [2.75, 3.05) is 26.2 Å². The molecule has 1 aromatic heterocycles. The van der Waals surface area contributed by atoms with Gasteiger partial charge < -0.3 is 9.80 Å². The maximum Gasteiger partial charge on any atom is 0.254 e. The molecule has 3 rings (SSSR count). The minimum Gasteiger partial charge on any atom is -0.328 e. The highest BCUT2D eigenvalue weighted by molar-refractivity contribution is 7.07.